The van der Waals surface area contributed by atoms with Crippen LogP contribution in [-0.2, 0) is 20.9 Å². The predicted molar refractivity (Wildman–Crippen MR) is 277 cm³/mol. The van der Waals surface area contributed by atoms with Gasteiger partial charge in [0.15, 0.2) is 0 Å². The smallest absolute Gasteiger partial charge is 0.247 e. The molecule has 0 aliphatic heterocycles. The Kier molecular flexibility index (Phi) is 54.1. The van der Waals surface area contributed by atoms with E-state index in [1.807, 2.05) is 11.4 Å². The maximum absolute atomic E-state index is 6.47. The fourth-order valence-corrected chi connectivity index (χ4v) is 13.1. The van der Waals surface area contributed by atoms with E-state index in [2.05, 4.69) is 20.8 Å². The Bertz CT molecular complexity index is 694. The van der Waals surface area contributed by atoms with E-state index in [1.165, 1.54) is 295 Å². The Hall–Kier alpha value is 0.920. The zero-order chi connectivity index (χ0) is 42.7. The van der Waals surface area contributed by atoms with Crippen molar-refractivity contribution in [3.63, 3.8) is 0 Å². The highest BCUT2D eigenvalue weighted by molar-refractivity contribution is 8.67. The molecule has 0 aromatic heterocycles. The highest BCUT2D eigenvalue weighted by atomic mass is 32.9. The van der Waals surface area contributed by atoms with Crippen LogP contribution in [0.15, 0.2) is 0 Å². The van der Waals surface area contributed by atoms with Crippen molar-refractivity contribution in [1.82, 2.24) is 0 Å². The summed E-state index contributed by atoms with van der Waals surface area (Å²) in [5.74, 6) is 1.10. The Morgan fingerprint density at radius 1 is 0.254 bits per heavy atom. The Balaban J connectivity index is 4.08. The predicted octanol–water partition coefficient (Wildman–Crippen LogP) is 21.8. The molecule has 356 valence electrons. The highest BCUT2D eigenvalue weighted by Gasteiger charge is 2.19. The van der Waals surface area contributed by atoms with Gasteiger partial charge in [-0.05, 0) is 31.1 Å². The summed E-state index contributed by atoms with van der Waals surface area (Å²) in [6, 6.07) is 0. The topological polar surface area (TPSA) is 18.5 Å². The SMILES string of the molecule is CCCCCCCCCCCCCCCCCCOP(=S)(OCCCCCCCCCCCCCCCCCC)SCCCCCCCCCCCCCCCCCC. The van der Waals surface area contributed by atoms with Crippen molar-refractivity contribution < 1.29 is 9.05 Å². The van der Waals surface area contributed by atoms with Gasteiger partial charge in [-0.2, -0.15) is 0 Å². The minimum atomic E-state index is -2.24. The van der Waals surface area contributed by atoms with E-state index in [0.29, 0.717) is 0 Å². The van der Waals surface area contributed by atoms with Crippen molar-refractivity contribution in [1.29, 1.82) is 0 Å². The molecule has 0 saturated carbocycles. The van der Waals surface area contributed by atoms with Crippen LogP contribution in [0, 0.1) is 0 Å². The van der Waals surface area contributed by atoms with E-state index >= 15 is 0 Å². The highest BCUT2D eigenvalue weighted by Crippen LogP contribution is 2.61. The summed E-state index contributed by atoms with van der Waals surface area (Å²) in [4.78, 5) is 0. The standard InChI is InChI=1S/C54H111O2PS2/c1-4-7-10-13-16-19-22-25-28-31-34-37-40-43-46-49-52-55-57(58,56-53-50-47-44-41-38-35-32-29-26-23-20-17-14-11-8-5-2)59-54-51-48-45-42-39-36-33-30-27-24-21-18-15-12-9-6-3/h4-54H2,1-3H3. The molecule has 0 aromatic carbocycles. The molecule has 59 heavy (non-hydrogen) atoms. The number of rotatable bonds is 54. The first-order valence-corrected chi connectivity index (χ1v) is 31.9. The lowest BCUT2D eigenvalue weighted by molar-refractivity contribution is 0.249. The van der Waals surface area contributed by atoms with Crippen LogP contribution in [-0.4, -0.2) is 19.0 Å². The maximum atomic E-state index is 6.47. The van der Waals surface area contributed by atoms with Gasteiger partial charge in [0.05, 0.1) is 13.2 Å². The van der Waals surface area contributed by atoms with Gasteiger partial charge in [0.1, 0.15) is 0 Å². The molecule has 0 heterocycles. The number of hydrogen-bond donors (Lipinski definition) is 0. The molecule has 0 aromatic rings. The van der Waals surface area contributed by atoms with E-state index in [-0.39, 0.29) is 0 Å². The van der Waals surface area contributed by atoms with Crippen molar-refractivity contribution in [2.75, 3.05) is 19.0 Å². The molecule has 0 saturated heterocycles. The lowest BCUT2D eigenvalue weighted by Crippen LogP contribution is -1.98. The van der Waals surface area contributed by atoms with Crippen molar-refractivity contribution in [2.24, 2.45) is 0 Å². The van der Waals surface area contributed by atoms with Gasteiger partial charge in [-0.25, -0.2) is 0 Å². The minimum Gasteiger partial charge on any atom is -0.322 e. The van der Waals surface area contributed by atoms with Crippen molar-refractivity contribution in [3.05, 3.63) is 0 Å². The van der Waals surface area contributed by atoms with Crippen LogP contribution in [0.4, 0.5) is 0 Å². The molecule has 2 nitrogen and oxygen atoms in total. The normalized spacial score (nSPS) is 12.0. The molecular weight excluding hydrogens is 776 g/mol. The van der Waals surface area contributed by atoms with Gasteiger partial charge in [0, 0.05) is 5.75 Å². The Morgan fingerprint density at radius 3 is 0.627 bits per heavy atom. The van der Waals surface area contributed by atoms with Crippen LogP contribution < -0.4 is 0 Å². The molecule has 0 N–H and O–H groups in total. The van der Waals surface area contributed by atoms with E-state index < -0.39 is 5.69 Å². The average Bonchev–Trinajstić information content (AvgIpc) is 3.24. The lowest BCUT2D eigenvalue weighted by atomic mass is 10.0. The third-order valence-electron chi connectivity index (χ3n) is 12.7. The van der Waals surface area contributed by atoms with Crippen molar-refractivity contribution in [2.45, 2.75) is 329 Å². The van der Waals surface area contributed by atoms with Gasteiger partial charge in [-0.15, -0.1) is 0 Å². The monoisotopic (exact) mass is 887 g/mol. The maximum Gasteiger partial charge on any atom is 0.247 e. The second kappa shape index (κ2) is 53.3. The summed E-state index contributed by atoms with van der Waals surface area (Å²) in [6.07, 6.45) is 67.5. The molecule has 0 amide bonds. The first-order valence-electron chi connectivity index (χ1n) is 27.7. The van der Waals surface area contributed by atoms with Crippen molar-refractivity contribution in [3.8, 4) is 0 Å². The molecule has 0 fully saturated rings. The quantitative estimate of drug-likeness (QED) is 0.0447. The second-order valence-electron chi connectivity index (χ2n) is 18.9. The van der Waals surface area contributed by atoms with Crippen molar-refractivity contribution >= 4 is 28.9 Å². The fraction of sp³-hybridized carbons (Fsp3) is 1.00. The van der Waals surface area contributed by atoms with Crippen LogP contribution in [0.2, 0.25) is 0 Å². The first-order chi connectivity index (χ1) is 29.2. The van der Waals surface area contributed by atoms with Gasteiger partial charge < -0.3 is 9.05 Å². The zero-order valence-corrected chi connectivity index (χ0v) is 43.7. The zero-order valence-electron chi connectivity index (χ0n) is 41.1. The molecule has 0 atom stereocenters. The van der Waals surface area contributed by atoms with Crippen LogP contribution in [0.1, 0.15) is 329 Å². The average molecular weight is 888 g/mol. The van der Waals surface area contributed by atoms with E-state index in [9.17, 15) is 0 Å². The largest absolute Gasteiger partial charge is 0.322 e. The van der Waals surface area contributed by atoms with E-state index in [1.54, 1.807) is 0 Å². The first kappa shape index (κ1) is 59.9. The summed E-state index contributed by atoms with van der Waals surface area (Å²) in [5.41, 5.74) is -2.24. The second-order valence-corrected chi connectivity index (χ2v) is 25.3. The van der Waals surface area contributed by atoms with Gasteiger partial charge >= 0.3 is 0 Å². The summed E-state index contributed by atoms with van der Waals surface area (Å²) < 4.78 is 12.9. The minimum absolute atomic E-state index is 0.792. The number of hydrogen-bond acceptors (Lipinski definition) is 4. The van der Waals surface area contributed by atoms with Gasteiger partial charge in [-0.1, -0.05) is 321 Å². The molecule has 0 rings (SSSR count). The Labute approximate surface area is 383 Å². The fourth-order valence-electron chi connectivity index (χ4n) is 8.59. The van der Waals surface area contributed by atoms with Gasteiger partial charge in [-0.3, -0.25) is 0 Å². The third-order valence-corrected chi connectivity index (χ3v) is 18.2. The van der Waals surface area contributed by atoms with Crippen LogP contribution in [0.3, 0.4) is 0 Å². The summed E-state index contributed by atoms with van der Waals surface area (Å²) in [7, 11) is 0. The summed E-state index contributed by atoms with van der Waals surface area (Å²) in [6.45, 7) is 8.51. The summed E-state index contributed by atoms with van der Waals surface area (Å²) in [5, 5.41) is 0. The summed E-state index contributed by atoms with van der Waals surface area (Å²) >= 11 is 8.03. The molecule has 0 bridgehead atoms. The van der Waals surface area contributed by atoms with Crippen LogP contribution in [0.5, 0.6) is 0 Å². The molecule has 5 heteroatoms. The molecular formula is C54H111O2PS2. The van der Waals surface area contributed by atoms with Gasteiger partial charge in [0.25, 0.3) is 0 Å². The number of unbranched alkanes of at least 4 members (excludes halogenated alkanes) is 45. The molecule has 0 unspecified atom stereocenters. The Morgan fingerprint density at radius 2 is 0.424 bits per heavy atom. The van der Waals surface area contributed by atoms with E-state index in [4.69, 9.17) is 20.9 Å². The van der Waals surface area contributed by atoms with E-state index in [0.717, 1.165) is 31.8 Å². The third kappa shape index (κ3) is 51.4. The molecule has 0 spiro atoms. The van der Waals surface area contributed by atoms with Crippen LogP contribution in [0.25, 0.3) is 0 Å². The molecule has 0 aliphatic rings. The van der Waals surface area contributed by atoms with Crippen LogP contribution >= 0.6 is 17.1 Å². The lowest BCUT2D eigenvalue weighted by Gasteiger charge is -2.21. The molecule has 0 aliphatic carbocycles. The van der Waals surface area contributed by atoms with Gasteiger partial charge in [0.2, 0.25) is 5.69 Å². The molecule has 0 radical (unpaired) electrons.